The molecule has 0 bridgehead atoms. The zero-order valence-electron chi connectivity index (χ0n) is 16.7. The van der Waals surface area contributed by atoms with E-state index in [4.69, 9.17) is 24.5 Å². The fraction of sp³-hybridized carbons (Fsp3) is 0.526. The van der Waals surface area contributed by atoms with Gasteiger partial charge in [0.2, 0.25) is 5.95 Å². The Bertz CT molecular complexity index is 949. The van der Waals surface area contributed by atoms with Crippen LogP contribution in [0.3, 0.4) is 0 Å². The molecule has 1 amide bonds. The number of aromatic nitrogens is 4. The van der Waals surface area contributed by atoms with Gasteiger partial charge >= 0.3 is 6.09 Å². The lowest BCUT2D eigenvalue weighted by Gasteiger charge is -2.31. The van der Waals surface area contributed by atoms with Crippen LogP contribution in [0, 0.1) is 0 Å². The fourth-order valence-corrected chi connectivity index (χ4v) is 4.08. The Balaban J connectivity index is 1.55. The molecule has 158 valence electrons. The molecule has 2 saturated heterocycles. The normalized spacial score (nSPS) is 20.6. The standard InChI is InChI=1S/C19H23N7O4/c1-24(19(27)28)18-20-9-12(10-21-18)15-22-16(25-2-5-29-6-3-25)14-8-13-11-30-7-4-26(13)17(14)23-15/h9-10,13H,2-8,11H2,1H3,(H,27,28)/t13-/m1/s1. The second-order valence-corrected chi connectivity index (χ2v) is 7.51. The molecule has 0 spiro atoms. The molecule has 30 heavy (non-hydrogen) atoms. The Kier molecular flexibility index (Phi) is 4.83. The summed E-state index contributed by atoms with van der Waals surface area (Å²) in [5.41, 5.74) is 1.80. The van der Waals surface area contributed by atoms with Crippen molar-refractivity contribution in [2.45, 2.75) is 12.5 Å². The third kappa shape index (κ3) is 3.29. The summed E-state index contributed by atoms with van der Waals surface area (Å²) in [6, 6.07) is 0.279. The quantitative estimate of drug-likeness (QED) is 0.768. The van der Waals surface area contributed by atoms with Gasteiger partial charge in [-0.2, -0.15) is 0 Å². The molecule has 3 aliphatic heterocycles. The number of hydrogen-bond donors (Lipinski definition) is 1. The molecule has 2 aromatic rings. The van der Waals surface area contributed by atoms with E-state index in [9.17, 15) is 4.79 Å². The molecule has 1 atom stereocenters. The first-order valence-corrected chi connectivity index (χ1v) is 9.99. The lowest BCUT2D eigenvalue weighted by atomic mass is 10.1. The molecule has 0 aromatic carbocycles. The van der Waals surface area contributed by atoms with Crippen LogP contribution < -0.4 is 14.7 Å². The average Bonchev–Trinajstić information content (AvgIpc) is 3.17. The second kappa shape index (κ2) is 7.65. The van der Waals surface area contributed by atoms with E-state index in [-0.39, 0.29) is 12.0 Å². The smallest absolute Gasteiger partial charge is 0.413 e. The van der Waals surface area contributed by atoms with E-state index < -0.39 is 6.09 Å². The molecule has 5 rings (SSSR count). The van der Waals surface area contributed by atoms with Crippen LogP contribution in [0.1, 0.15) is 5.56 Å². The highest BCUT2D eigenvalue weighted by Crippen LogP contribution is 2.39. The number of anilines is 3. The maximum absolute atomic E-state index is 11.1. The molecule has 1 N–H and O–H groups in total. The van der Waals surface area contributed by atoms with E-state index in [1.165, 1.54) is 7.05 Å². The van der Waals surface area contributed by atoms with Crippen LogP contribution in [-0.2, 0) is 15.9 Å². The molecule has 0 saturated carbocycles. The second-order valence-electron chi connectivity index (χ2n) is 7.51. The minimum atomic E-state index is -1.12. The number of rotatable bonds is 3. The van der Waals surface area contributed by atoms with Crippen molar-refractivity contribution in [3.8, 4) is 11.4 Å². The average molecular weight is 413 g/mol. The van der Waals surface area contributed by atoms with Crippen molar-refractivity contribution in [3.05, 3.63) is 18.0 Å². The molecule has 0 unspecified atom stereocenters. The lowest BCUT2D eigenvalue weighted by molar-refractivity contribution is 0.0973. The van der Waals surface area contributed by atoms with E-state index in [0.29, 0.717) is 37.8 Å². The molecule has 0 aliphatic carbocycles. The van der Waals surface area contributed by atoms with Crippen molar-refractivity contribution in [3.63, 3.8) is 0 Å². The molecule has 5 heterocycles. The summed E-state index contributed by atoms with van der Waals surface area (Å²) >= 11 is 0. The summed E-state index contributed by atoms with van der Waals surface area (Å²) < 4.78 is 11.2. The zero-order valence-corrected chi connectivity index (χ0v) is 16.7. The highest BCUT2D eigenvalue weighted by atomic mass is 16.5. The van der Waals surface area contributed by atoms with Crippen LogP contribution in [0.15, 0.2) is 12.4 Å². The minimum absolute atomic E-state index is 0.106. The maximum Gasteiger partial charge on any atom is 0.413 e. The molecule has 2 aromatic heterocycles. The number of carbonyl (C=O) groups is 1. The molecule has 3 aliphatic rings. The van der Waals surface area contributed by atoms with E-state index in [0.717, 1.165) is 48.2 Å². The van der Waals surface area contributed by atoms with Crippen molar-refractivity contribution in [2.24, 2.45) is 0 Å². The van der Waals surface area contributed by atoms with Gasteiger partial charge in [-0.25, -0.2) is 29.6 Å². The van der Waals surface area contributed by atoms with Gasteiger partial charge in [0.15, 0.2) is 5.82 Å². The third-order valence-corrected chi connectivity index (χ3v) is 5.70. The van der Waals surface area contributed by atoms with Gasteiger partial charge in [0.25, 0.3) is 0 Å². The lowest BCUT2D eigenvalue weighted by Crippen LogP contribution is -2.43. The Morgan fingerprint density at radius 2 is 1.80 bits per heavy atom. The van der Waals surface area contributed by atoms with Crippen LogP contribution in [0.2, 0.25) is 0 Å². The number of amides is 1. The van der Waals surface area contributed by atoms with Crippen molar-refractivity contribution in [1.82, 2.24) is 19.9 Å². The molecule has 11 nitrogen and oxygen atoms in total. The molecule has 11 heteroatoms. The fourth-order valence-electron chi connectivity index (χ4n) is 4.08. The summed E-state index contributed by atoms with van der Waals surface area (Å²) in [6.45, 7) is 5.07. The summed E-state index contributed by atoms with van der Waals surface area (Å²) in [5, 5.41) is 9.11. The van der Waals surface area contributed by atoms with E-state index >= 15 is 0 Å². The van der Waals surface area contributed by atoms with Gasteiger partial charge in [-0.15, -0.1) is 0 Å². The van der Waals surface area contributed by atoms with Gasteiger partial charge in [-0.1, -0.05) is 0 Å². The molecule has 2 fully saturated rings. The predicted molar refractivity (Wildman–Crippen MR) is 108 cm³/mol. The van der Waals surface area contributed by atoms with E-state index in [1.54, 1.807) is 12.4 Å². The van der Waals surface area contributed by atoms with Gasteiger partial charge in [0.05, 0.1) is 38.0 Å². The van der Waals surface area contributed by atoms with Crippen molar-refractivity contribution >= 4 is 23.7 Å². The molecular weight excluding hydrogens is 390 g/mol. The first kappa shape index (κ1) is 18.9. The highest BCUT2D eigenvalue weighted by Gasteiger charge is 2.37. The Morgan fingerprint density at radius 3 is 2.53 bits per heavy atom. The first-order chi connectivity index (χ1) is 14.6. The topological polar surface area (TPSA) is 117 Å². The highest BCUT2D eigenvalue weighted by molar-refractivity contribution is 5.82. The number of ether oxygens (including phenoxy) is 2. The largest absolute Gasteiger partial charge is 0.465 e. The van der Waals surface area contributed by atoms with Crippen molar-refractivity contribution in [2.75, 3.05) is 67.8 Å². The SMILES string of the molecule is CN(C(=O)O)c1ncc(-c2nc(N3CCOCC3)c3c(n2)N2CCOC[C@H]2C3)cn1. The monoisotopic (exact) mass is 413 g/mol. The van der Waals surface area contributed by atoms with Gasteiger partial charge in [0, 0.05) is 51.1 Å². The summed E-state index contributed by atoms with van der Waals surface area (Å²) in [7, 11) is 1.40. The summed E-state index contributed by atoms with van der Waals surface area (Å²) in [6.07, 6.45) is 2.88. The Hall–Kier alpha value is -3.05. The third-order valence-electron chi connectivity index (χ3n) is 5.70. The summed E-state index contributed by atoms with van der Waals surface area (Å²) in [5.74, 6) is 2.52. The predicted octanol–water partition coefficient (Wildman–Crippen LogP) is 0.646. The van der Waals surface area contributed by atoms with Crippen molar-refractivity contribution < 1.29 is 19.4 Å². The van der Waals surface area contributed by atoms with E-state index in [2.05, 4.69) is 19.8 Å². The summed E-state index contributed by atoms with van der Waals surface area (Å²) in [4.78, 5) is 34.8. The van der Waals surface area contributed by atoms with Gasteiger partial charge in [-0.05, 0) is 0 Å². The minimum Gasteiger partial charge on any atom is -0.465 e. The van der Waals surface area contributed by atoms with Crippen LogP contribution in [0.4, 0.5) is 22.4 Å². The number of carboxylic acid groups (broad SMARTS) is 1. The van der Waals surface area contributed by atoms with Crippen LogP contribution in [0.25, 0.3) is 11.4 Å². The zero-order chi connectivity index (χ0) is 20.7. The van der Waals surface area contributed by atoms with Gasteiger partial charge < -0.3 is 24.4 Å². The molecule has 0 radical (unpaired) electrons. The number of hydrogen-bond acceptors (Lipinski definition) is 9. The first-order valence-electron chi connectivity index (χ1n) is 9.99. The number of morpholine rings is 2. The van der Waals surface area contributed by atoms with Crippen LogP contribution in [0.5, 0.6) is 0 Å². The van der Waals surface area contributed by atoms with Crippen LogP contribution in [-0.4, -0.2) is 90.3 Å². The van der Waals surface area contributed by atoms with Crippen molar-refractivity contribution in [1.29, 1.82) is 0 Å². The van der Waals surface area contributed by atoms with Gasteiger partial charge in [-0.3, -0.25) is 0 Å². The van der Waals surface area contributed by atoms with Gasteiger partial charge in [0.1, 0.15) is 11.6 Å². The van der Waals surface area contributed by atoms with Crippen LogP contribution >= 0.6 is 0 Å². The van der Waals surface area contributed by atoms with E-state index in [1.807, 2.05) is 0 Å². The Morgan fingerprint density at radius 1 is 1.10 bits per heavy atom. The maximum atomic E-state index is 11.1. The Labute approximate surface area is 173 Å². The number of fused-ring (bicyclic) bond motifs is 3. The number of nitrogens with zero attached hydrogens (tertiary/aromatic N) is 7. The molecular formula is C19H23N7O4.